The molecule has 0 bridgehead atoms. The summed E-state index contributed by atoms with van der Waals surface area (Å²) in [6, 6.07) is 11.6. The number of hydrogen-bond donors (Lipinski definition) is 1. The number of pyridine rings is 1. The van der Waals surface area contributed by atoms with Crippen molar-refractivity contribution in [1.82, 2.24) is 9.88 Å². The van der Waals surface area contributed by atoms with Gasteiger partial charge < -0.3 is 14.8 Å². The summed E-state index contributed by atoms with van der Waals surface area (Å²) in [5, 5.41) is 2.75. The fraction of sp³-hybridized carbons (Fsp3) is 0.261. The fourth-order valence-electron chi connectivity index (χ4n) is 3.57. The molecule has 34 heavy (non-hydrogen) atoms. The molecule has 2 aromatic heterocycles. The minimum absolute atomic E-state index is 0.0569. The Morgan fingerprint density at radius 1 is 1.29 bits per heavy atom. The maximum Gasteiger partial charge on any atom is 0.414 e. The molecule has 1 aliphatic rings. The minimum Gasteiger partial charge on any atom is -0.485 e. The lowest BCUT2D eigenvalue weighted by Gasteiger charge is -2.17. The lowest BCUT2D eigenvalue weighted by molar-refractivity contribution is 0.0920. The first-order valence-corrected chi connectivity index (χ1v) is 11.6. The average molecular weight is 506 g/mol. The highest BCUT2D eigenvalue weighted by Crippen LogP contribution is 2.26. The zero-order chi connectivity index (χ0) is 24.2. The first-order chi connectivity index (χ1) is 16.4. The third-order valence-electron chi connectivity index (χ3n) is 5.16. The van der Waals surface area contributed by atoms with Gasteiger partial charge in [-0.05, 0) is 55.0 Å². The van der Waals surface area contributed by atoms with Gasteiger partial charge >= 0.3 is 6.09 Å². The van der Waals surface area contributed by atoms with E-state index < -0.39 is 24.4 Å². The maximum absolute atomic E-state index is 12.7. The van der Waals surface area contributed by atoms with E-state index >= 15 is 0 Å². The summed E-state index contributed by atoms with van der Waals surface area (Å²) in [6.45, 7) is 1.34. The van der Waals surface area contributed by atoms with E-state index in [9.17, 15) is 18.8 Å². The number of benzene rings is 1. The van der Waals surface area contributed by atoms with Crippen molar-refractivity contribution in [3.8, 4) is 11.4 Å². The first-order valence-electron chi connectivity index (χ1n) is 10.4. The molecule has 1 atom stereocenters. The van der Waals surface area contributed by atoms with E-state index in [0.29, 0.717) is 20.6 Å². The summed E-state index contributed by atoms with van der Waals surface area (Å²) in [6.07, 6.45) is 0.555. The molecule has 0 aliphatic carbocycles. The molecule has 3 heterocycles. The van der Waals surface area contributed by atoms with Crippen LogP contribution in [0.1, 0.15) is 15.2 Å². The van der Waals surface area contributed by atoms with Crippen LogP contribution in [0.3, 0.4) is 0 Å². The summed E-state index contributed by atoms with van der Waals surface area (Å²) in [5.74, 6) is -0.226. The van der Waals surface area contributed by atoms with Gasteiger partial charge in [-0.3, -0.25) is 19.1 Å². The van der Waals surface area contributed by atoms with Gasteiger partial charge in [0.1, 0.15) is 19.4 Å². The Labute approximate surface area is 203 Å². The molecule has 0 spiro atoms. The van der Waals surface area contributed by atoms with Crippen LogP contribution in [0.4, 0.5) is 14.9 Å². The molecule has 0 saturated carbocycles. The Morgan fingerprint density at radius 3 is 2.82 bits per heavy atom. The zero-order valence-corrected chi connectivity index (χ0v) is 19.7. The van der Waals surface area contributed by atoms with Gasteiger partial charge in [0.05, 0.1) is 28.0 Å². The number of thiophene rings is 1. The molecule has 3 aromatic rings. The highest BCUT2D eigenvalue weighted by atomic mass is 35.5. The number of carbonyl (C=O) groups is 2. The van der Waals surface area contributed by atoms with Gasteiger partial charge in [-0.2, -0.15) is 0 Å². The number of anilines is 1. The summed E-state index contributed by atoms with van der Waals surface area (Å²) < 4.78 is 24.9. The minimum atomic E-state index is -0.693. The van der Waals surface area contributed by atoms with Crippen molar-refractivity contribution in [2.45, 2.75) is 13.0 Å². The standard InChI is InChI=1S/C23H21ClFN3O5S/c1-14-11-15(4-5-17(14)27-9-2-3-18(22(27)30)32-10-8-25)28-13-16(33-23(28)31)12-26-21(29)19-6-7-20(24)34-19/h2-7,9,11,16H,8,10,12-13H2,1H3,(H,26,29)/t16-/m0/s1. The largest absolute Gasteiger partial charge is 0.485 e. The molecule has 1 fully saturated rings. The average Bonchev–Trinajstić information content (AvgIpc) is 3.42. The van der Waals surface area contributed by atoms with Crippen molar-refractivity contribution in [3.63, 3.8) is 0 Å². The van der Waals surface area contributed by atoms with Crippen molar-refractivity contribution < 1.29 is 23.5 Å². The molecule has 1 saturated heterocycles. The lowest BCUT2D eigenvalue weighted by Crippen LogP contribution is -2.34. The first kappa shape index (κ1) is 23.8. The number of alkyl halides is 1. The van der Waals surface area contributed by atoms with Crippen LogP contribution in [0.5, 0.6) is 5.75 Å². The van der Waals surface area contributed by atoms with Crippen molar-refractivity contribution in [2.75, 3.05) is 31.3 Å². The zero-order valence-electron chi connectivity index (χ0n) is 18.1. The normalized spacial score (nSPS) is 15.3. The Balaban J connectivity index is 1.45. The number of hydrogen-bond acceptors (Lipinski definition) is 6. The second-order valence-electron chi connectivity index (χ2n) is 7.49. The van der Waals surface area contributed by atoms with Crippen LogP contribution in [-0.2, 0) is 4.74 Å². The topological polar surface area (TPSA) is 89.9 Å². The van der Waals surface area contributed by atoms with E-state index in [1.807, 2.05) is 6.92 Å². The van der Waals surface area contributed by atoms with Crippen LogP contribution in [0.25, 0.3) is 5.69 Å². The Morgan fingerprint density at radius 2 is 2.12 bits per heavy atom. The van der Waals surface area contributed by atoms with Crippen LogP contribution in [0.2, 0.25) is 4.34 Å². The summed E-state index contributed by atoms with van der Waals surface area (Å²) in [4.78, 5) is 39.3. The molecule has 4 rings (SSSR count). The second kappa shape index (κ2) is 10.3. The number of aryl methyl sites for hydroxylation is 1. The van der Waals surface area contributed by atoms with E-state index in [4.69, 9.17) is 21.1 Å². The number of amides is 2. The van der Waals surface area contributed by atoms with Crippen molar-refractivity contribution in [3.05, 3.63) is 73.8 Å². The smallest absolute Gasteiger partial charge is 0.414 e. The SMILES string of the molecule is Cc1cc(N2C[C@H](CNC(=O)c3ccc(Cl)s3)OC2=O)ccc1-n1cccc(OCCF)c1=O. The Hall–Kier alpha value is -3.37. The molecular formula is C23H21ClFN3O5S. The molecule has 1 aliphatic heterocycles. The number of aromatic nitrogens is 1. The van der Waals surface area contributed by atoms with Gasteiger partial charge in [0.15, 0.2) is 5.75 Å². The Bertz CT molecular complexity index is 1280. The third-order valence-corrected chi connectivity index (χ3v) is 6.39. The molecule has 178 valence electrons. The molecule has 8 nitrogen and oxygen atoms in total. The van der Waals surface area contributed by atoms with Crippen LogP contribution in [0, 0.1) is 6.92 Å². The monoisotopic (exact) mass is 505 g/mol. The quantitative estimate of drug-likeness (QED) is 0.500. The van der Waals surface area contributed by atoms with Crippen LogP contribution >= 0.6 is 22.9 Å². The molecular weight excluding hydrogens is 485 g/mol. The molecule has 0 unspecified atom stereocenters. The number of nitrogens with zero attached hydrogens (tertiary/aromatic N) is 2. The second-order valence-corrected chi connectivity index (χ2v) is 9.20. The van der Waals surface area contributed by atoms with Gasteiger partial charge in [0.25, 0.3) is 11.5 Å². The number of nitrogens with one attached hydrogen (secondary N) is 1. The molecule has 11 heteroatoms. The highest BCUT2D eigenvalue weighted by molar-refractivity contribution is 7.18. The van der Waals surface area contributed by atoms with Crippen LogP contribution in [0.15, 0.2) is 53.5 Å². The summed E-state index contributed by atoms with van der Waals surface area (Å²) in [7, 11) is 0. The van der Waals surface area contributed by atoms with Crippen LogP contribution < -0.4 is 20.5 Å². The van der Waals surface area contributed by atoms with E-state index in [0.717, 1.165) is 5.56 Å². The predicted octanol–water partition coefficient (Wildman–Crippen LogP) is 3.96. The van der Waals surface area contributed by atoms with Gasteiger partial charge in [-0.25, -0.2) is 9.18 Å². The molecule has 1 N–H and O–H groups in total. The number of carbonyl (C=O) groups excluding carboxylic acids is 2. The summed E-state index contributed by atoms with van der Waals surface area (Å²) in [5.41, 5.74) is 1.53. The van der Waals surface area contributed by atoms with Gasteiger partial charge in [0, 0.05) is 11.9 Å². The summed E-state index contributed by atoms with van der Waals surface area (Å²) >= 11 is 7.03. The van der Waals surface area contributed by atoms with Gasteiger partial charge in [-0.1, -0.05) is 11.6 Å². The molecule has 1 aromatic carbocycles. The van der Waals surface area contributed by atoms with Crippen molar-refractivity contribution in [2.24, 2.45) is 0 Å². The number of ether oxygens (including phenoxy) is 2. The van der Waals surface area contributed by atoms with Gasteiger partial charge in [-0.15, -0.1) is 11.3 Å². The highest BCUT2D eigenvalue weighted by Gasteiger charge is 2.33. The lowest BCUT2D eigenvalue weighted by atomic mass is 10.1. The molecule has 0 radical (unpaired) electrons. The van der Waals surface area contributed by atoms with E-state index in [-0.39, 0.29) is 31.4 Å². The predicted molar refractivity (Wildman–Crippen MR) is 128 cm³/mol. The maximum atomic E-state index is 12.7. The van der Waals surface area contributed by atoms with E-state index in [2.05, 4.69) is 5.32 Å². The third kappa shape index (κ3) is 5.07. The van der Waals surface area contributed by atoms with Crippen molar-refractivity contribution >= 4 is 40.6 Å². The van der Waals surface area contributed by atoms with Crippen molar-refractivity contribution in [1.29, 1.82) is 0 Å². The van der Waals surface area contributed by atoms with E-state index in [1.54, 1.807) is 42.6 Å². The number of halogens is 2. The van der Waals surface area contributed by atoms with Gasteiger partial charge in [0.2, 0.25) is 0 Å². The number of rotatable bonds is 8. The van der Waals surface area contributed by atoms with Crippen LogP contribution in [-0.4, -0.2) is 49.0 Å². The van der Waals surface area contributed by atoms with E-state index in [1.165, 1.54) is 26.9 Å². The molecule has 2 amide bonds. The number of cyclic esters (lactones) is 1. The Kier molecular flexibility index (Phi) is 7.18. The fourth-order valence-corrected chi connectivity index (χ4v) is 4.53.